The summed E-state index contributed by atoms with van der Waals surface area (Å²) in [6.45, 7) is 5.56. The monoisotopic (exact) mass is 434 g/mol. The molecule has 0 saturated heterocycles. The van der Waals surface area contributed by atoms with E-state index in [0.29, 0.717) is 18.0 Å². The van der Waals surface area contributed by atoms with Gasteiger partial charge in [-0.3, -0.25) is 14.0 Å². The normalized spacial score (nSPS) is 16.1. The van der Waals surface area contributed by atoms with E-state index in [2.05, 4.69) is 21.4 Å². The van der Waals surface area contributed by atoms with Gasteiger partial charge in [-0.2, -0.15) is 15.5 Å². The van der Waals surface area contributed by atoms with Gasteiger partial charge in [0.15, 0.2) is 12.4 Å². The van der Waals surface area contributed by atoms with Crippen LogP contribution >= 0.6 is 0 Å². The maximum absolute atomic E-state index is 12.1. The molecule has 0 aliphatic heterocycles. The van der Waals surface area contributed by atoms with E-state index in [1.807, 2.05) is 50.1 Å². The molecule has 1 aliphatic carbocycles. The Bertz CT molecular complexity index is 1130. The van der Waals surface area contributed by atoms with Gasteiger partial charge in [0.2, 0.25) is 0 Å². The van der Waals surface area contributed by atoms with E-state index < -0.39 is 5.41 Å². The minimum atomic E-state index is -0.563. The van der Waals surface area contributed by atoms with Crippen molar-refractivity contribution in [3.8, 4) is 17.2 Å². The van der Waals surface area contributed by atoms with E-state index in [4.69, 9.17) is 4.74 Å². The number of nitrogens with zero attached hydrogens (tertiary/aromatic N) is 6. The fraction of sp³-hybridized carbons (Fsp3) is 0.542. The Morgan fingerprint density at radius 2 is 2.06 bits per heavy atom. The van der Waals surface area contributed by atoms with Gasteiger partial charge in [-0.05, 0) is 45.6 Å². The Morgan fingerprint density at radius 3 is 2.78 bits per heavy atom. The lowest BCUT2D eigenvalue weighted by Gasteiger charge is -2.29. The molecule has 1 saturated carbocycles. The number of ether oxygens (including phenoxy) is 1. The van der Waals surface area contributed by atoms with Gasteiger partial charge in [-0.1, -0.05) is 19.3 Å². The molecule has 0 amide bonds. The van der Waals surface area contributed by atoms with Crippen molar-refractivity contribution in [2.45, 2.75) is 72.1 Å². The van der Waals surface area contributed by atoms with Crippen LogP contribution in [0.4, 0.5) is 0 Å². The molecule has 32 heavy (non-hydrogen) atoms. The summed E-state index contributed by atoms with van der Waals surface area (Å²) in [4.78, 5) is 12.1. The quantitative estimate of drug-likeness (QED) is 0.513. The van der Waals surface area contributed by atoms with E-state index in [9.17, 15) is 10.1 Å². The molecule has 1 atom stereocenters. The number of carbonyl (C=O) groups excluding carboxylic acids is 1. The van der Waals surface area contributed by atoms with Crippen molar-refractivity contribution < 1.29 is 9.53 Å². The maximum atomic E-state index is 12.1. The van der Waals surface area contributed by atoms with Crippen molar-refractivity contribution in [3.05, 3.63) is 30.9 Å². The van der Waals surface area contributed by atoms with Crippen LogP contribution in [0.25, 0.3) is 22.2 Å². The first-order chi connectivity index (χ1) is 15.4. The first-order valence-electron chi connectivity index (χ1n) is 11.3. The lowest BCUT2D eigenvalue weighted by Crippen LogP contribution is -2.23. The summed E-state index contributed by atoms with van der Waals surface area (Å²) in [7, 11) is 0. The van der Waals surface area contributed by atoms with Crippen LogP contribution in [0.15, 0.2) is 30.9 Å². The molecule has 0 N–H and O–H groups in total. The van der Waals surface area contributed by atoms with Crippen molar-refractivity contribution >= 4 is 17.0 Å². The number of rotatable bonds is 6. The Hall–Kier alpha value is -3.21. The van der Waals surface area contributed by atoms with Crippen molar-refractivity contribution in [2.24, 2.45) is 11.3 Å². The molecule has 1 aliphatic rings. The molecule has 3 aromatic heterocycles. The molecular weight excluding hydrogens is 404 g/mol. The first-order valence-corrected chi connectivity index (χ1v) is 11.3. The summed E-state index contributed by atoms with van der Waals surface area (Å²) in [6.07, 6.45) is 13.9. The van der Waals surface area contributed by atoms with Gasteiger partial charge in [0.25, 0.3) is 0 Å². The number of nitriles is 1. The highest BCUT2D eigenvalue weighted by atomic mass is 16.5. The maximum Gasteiger partial charge on any atom is 0.312 e. The lowest BCUT2D eigenvalue weighted by molar-refractivity contribution is -0.156. The molecule has 0 bridgehead atoms. The van der Waals surface area contributed by atoms with E-state index in [1.165, 1.54) is 19.3 Å². The van der Waals surface area contributed by atoms with Crippen molar-refractivity contribution in [1.82, 2.24) is 24.5 Å². The predicted octanol–water partition coefficient (Wildman–Crippen LogP) is 4.88. The molecule has 0 unspecified atom stereocenters. The third kappa shape index (κ3) is 4.52. The summed E-state index contributed by atoms with van der Waals surface area (Å²) >= 11 is 0. The summed E-state index contributed by atoms with van der Waals surface area (Å²) in [5.41, 5.74) is 1.94. The molecule has 4 rings (SSSR count). The summed E-state index contributed by atoms with van der Waals surface area (Å²) in [5, 5.41) is 23.4. The number of esters is 1. The van der Waals surface area contributed by atoms with Gasteiger partial charge in [0.1, 0.15) is 0 Å². The molecule has 8 nitrogen and oxygen atoms in total. The lowest BCUT2D eigenvalue weighted by atomic mass is 9.83. The topological polar surface area (TPSA) is 98.6 Å². The first kappa shape index (κ1) is 22.0. The largest absolute Gasteiger partial charge is 0.443 e. The highest BCUT2D eigenvalue weighted by molar-refractivity contribution is 5.92. The van der Waals surface area contributed by atoms with Gasteiger partial charge in [-0.15, -0.1) is 5.10 Å². The van der Waals surface area contributed by atoms with Crippen LogP contribution in [-0.4, -0.2) is 30.5 Å². The number of fused-ring (bicyclic) bond motifs is 1. The number of hydrogen-bond donors (Lipinski definition) is 0. The zero-order valence-corrected chi connectivity index (χ0v) is 19.0. The SMILES string of the molecule is CC(C)(C)C(=O)OCn1ccc2c(-c3cnn([C@H](CC#N)C4CCCCC4)c3)cnnc21. The zero-order chi connectivity index (χ0) is 22.7. The Balaban J connectivity index is 1.59. The summed E-state index contributed by atoms with van der Waals surface area (Å²) < 4.78 is 9.18. The fourth-order valence-corrected chi connectivity index (χ4v) is 4.42. The molecule has 8 heteroatoms. The van der Waals surface area contributed by atoms with Crippen LogP contribution in [-0.2, 0) is 16.3 Å². The fourth-order valence-electron chi connectivity index (χ4n) is 4.42. The zero-order valence-electron chi connectivity index (χ0n) is 19.0. The van der Waals surface area contributed by atoms with Crippen LogP contribution in [0, 0.1) is 22.7 Å². The Morgan fingerprint density at radius 1 is 1.28 bits per heavy atom. The van der Waals surface area contributed by atoms with Gasteiger partial charge < -0.3 is 4.74 Å². The van der Waals surface area contributed by atoms with Crippen LogP contribution < -0.4 is 0 Å². The van der Waals surface area contributed by atoms with Crippen molar-refractivity contribution in [3.63, 3.8) is 0 Å². The second-order valence-electron chi connectivity index (χ2n) is 9.63. The van der Waals surface area contributed by atoms with Gasteiger partial charge in [0, 0.05) is 28.9 Å². The molecule has 1 fully saturated rings. The predicted molar refractivity (Wildman–Crippen MR) is 120 cm³/mol. The van der Waals surface area contributed by atoms with Crippen LogP contribution in [0.2, 0.25) is 0 Å². The smallest absolute Gasteiger partial charge is 0.312 e. The second kappa shape index (κ2) is 9.11. The minimum absolute atomic E-state index is 0.0862. The molecule has 0 aromatic carbocycles. The van der Waals surface area contributed by atoms with E-state index >= 15 is 0 Å². The summed E-state index contributed by atoms with van der Waals surface area (Å²) in [6, 6.07) is 4.40. The van der Waals surface area contributed by atoms with Crippen LogP contribution in [0.5, 0.6) is 0 Å². The molecule has 0 radical (unpaired) electrons. The summed E-state index contributed by atoms with van der Waals surface area (Å²) in [5.74, 6) is 0.223. The third-order valence-corrected chi connectivity index (χ3v) is 6.26. The number of hydrogen-bond acceptors (Lipinski definition) is 6. The van der Waals surface area contributed by atoms with Gasteiger partial charge in [0.05, 0.1) is 36.3 Å². The highest BCUT2D eigenvalue weighted by Crippen LogP contribution is 2.36. The van der Waals surface area contributed by atoms with Crippen LogP contribution in [0.1, 0.15) is 65.3 Å². The Labute approximate surface area is 188 Å². The number of carbonyl (C=O) groups is 1. The Kier molecular flexibility index (Phi) is 6.26. The van der Waals surface area contributed by atoms with E-state index in [0.717, 1.165) is 29.4 Å². The average Bonchev–Trinajstić information content (AvgIpc) is 3.43. The second-order valence-corrected chi connectivity index (χ2v) is 9.63. The van der Waals surface area contributed by atoms with Gasteiger partial charge in [-0.25, -0.2) is 0 Å². The minimum Gasteiger partial charge on any atom is -0.443 e. The van der Waals surface area contributed by atoms with Gasteiger partial charge >= 0.3 is 5.97 Å². The molecule has 168 valence electrons. The van der Waals surface area contributed by atoms with E-state index in [-0.39, 0.29) is 18.7 Å². The molecule has 3 aromatic rings. The van der Waals surface area contributed by atoms with E-state index in [1.54, 1.807) is 10.8 Å². The van der Waals surface area contributed by atoms with Crippen molar-refractivity contribution in [2.75, 3.05) is 0 Å². The number of aromatic nitrogens is 5. The third-order valence-electron chi connectivity index (χ3n) is 6.26. The van der Waals surface area contributed by atoms with Crippen LogP contribution in [0.3, 0.4) is 0 Å². The average molecular weight is 435 g/mol. The molecule has 3 heterocycles. The molecule has 0 spiro atoms. The van der Waals surface area contributed by atoms with Crippen molar-refractivity contribution in [1.29, 1.82) is 5.26 Å². The highest BCUT2D eigenvalue weighted by Gasteiger charge is 2.26. The molecular formula is C24H30N6O2. The standard InChI is InChI=1S/C24H30N6O2/c1-24(2,3)23(31)32-16-29-12-10-19-20(14-26-28-22(19)29)18-13-27-30(15-18)21(9-11-25)17-7-5-4-6-8-17/h10,12-15,17,21H,4-9,16H2,1-3H3/t21-/m1/s1.